The molecule has 19 heavy (non-hydrogen) atoms. The lowest BCUT2D eigenvalue weighted by Gasteiger charge is -2.10. The smallest absolute Gasteiger partial charge is 0.0994 e. The Morgan fingerprint density at radius 3 is 2.42 bits per heavy atom. The van der Waals surface area contributed by atoms with Crippen molar-refractivity contribution < 1.29 is 0 Å². The minimum atomic E-state index is 0.320. The molecular formula is C15H22N4. The number of benzene rings is 1. The lowest BCUT2D eigenvalue weighted by molar-refractivity contribution is 0.493. The summed E-state index contributed by atoms with van der Waals surface area (Å²) < 4.78 is 1.98. The zero-order chi connectivity index (χ0) is 13.8. The van der Waals surface area contributed by atoms with Crippen LogP contribution in [-0.4, -0.2) is 15.0 Å². The maximum atomic E-state index is 5.74. The SMILES string of the molecule is Cc1ccc(CCc2c(CN)nnn2C(C)C)cc1. The van der Waals surface area contributed by atoms with Crippen LogP contribution < -0.4 is 5.73 Å². The topological polar surface area (TPSA) is 56.7 Å². The van der Waals surface area contributed by atoms with Gasteiger partial charge >= 0.3 is 0 Å². The Morgan fingerprint density at radius 2 is 1.84 bits per heavy atom. The summed E-state index contributed by atoms with van der Waals surface area (Å²) >= 11 is 0. The van der Waals surface area contributed by atoms with E-state index in [0.29, 0.717) is 12.6 Å². The van der Waals surface area contributed by atoms with Crippen LogP contribution in [0.5, 0.6) is 0 Å². The number of nitrogens with two attached hydrogens (primary N) is 1. The molecule has 1 heterocycles. The molecule has 4 heteroatoms. The van der Waals surface area contributed by atoms with E-state index < -0.39 is 0 Å². The first kappa shape index (κ1) is 13.7. The standard InChI is InChI=1S/C15H22N4/c1-11(2)19-15(14(10-16)17-18-19)9-8-13-6-4-12(3)5-7-13/h4-7,11H,8-10,16H2,1-3H3. The lowest BCUT2D eigenvalue weighted by atomic mass is 10.1. The summed E-state index contributed by atoms with van der Waals surface area (Å²) in [6.07, 6.45) is 1.92. The van der Waals surface area contributed by atoms with Gasteiger partial charge in [0.25, 0.3) is 0 Å². The van der Waals surface area contributed by atoms with Crippen molar-refractivity contribution in [3.63, 3.8) is 0 Å². The van der Waals surface area contributed by atoms with Crippen molar-refractivity contribution in [3.8, 4) is 0 Å². The van der Waals surface area contributed by atoms with Gasteiger partial charge in [-0.3, -0.25) is 0 Å². The summed E-state index contributed by atoms with van der Waals surface area (Å²) in [5.41, 5.74) is 10.4. The Labute approximate surface area is 114 Å². The van der Waals surface area contributed by atoms with E-state index >= 15 is 0 Å². The van der Waals surface area contributed by atoms with Crippen molar-refractivity contribution in [2.45, 2.75) is 46.2 Å². The highest BCUT2D eigenvalue weighted by atomic mass is 15.4. The molecular weight excluding hydrogens is 236 g/mol. The average molecular weight is 258 g/mol. The van der Waals surface area contributed by atoms with Crippen LogP contribution in [0.4, 0.5) is 0 Å². The van der Waals surface area contributed by atoms with Crippen LogP contribution in [0.15, 0.2) is 24.3 Å². The molecule has 2 aromatic rings. The minimum absolute atomic E-state index is 0.320. The Hall–Kier alpha value is -1.68. The fraction of sp³-hybridized carbons (Fsp3) is 0.467. The average Bonchev–Trinajstić information content (AvgIpc) is 2.81. The van der Waals surface area contributed by atoms with Crippen molar-refractivity contribution in [1.29, 1.82) is 0 Å². The first-order valence-electron chi connectivity index (χ1n) is 6.80. The monoisotopic (exact) mass is 258 g/mol. The van der Waals surface area contributed by atoms with Crippen LogP contribution in [0.3, 0.4) is 0 Å². The van der Waals surface area contributed by atoms with Crippen LogP contribution in [0.1, 0.15) is 42.4 Å². The van der Waals surface area contributed by atoms with Gasteiger partial charge in [0.2, 0.25) is 0 Å². The van der Waals surface area contributed by atoms with E-state index in [1.165, 1.54) is 11.1 Å². The molecule has 0 saturated heterocycles. The second-order valence-corrected chi connectivity index (χ2v) is 5.21. The van der Waals surface area contributed by atoms with Gasteiger partial charge in [0.1, 0.15) is 0 Å². The Kier molecular flexibility index (Phi) is 4.32. The van der Waals surface area contributed by atoms with E-state index in [2.05, 4.69) is 55.3 Å². The predicted octanol–water partition coefficient (Wildman–Crippen LogP) is 2.41. The number of hydrogen-bond donors (Lipinski definition) is 1. The van der Waals surface area contributed by atoms with Gasteiger partial charge in [-0.2, -0.15) is 0 Å². The molecule has 0 saturated carbocycles. The van der Waals surface area contributed by atoms with Gasteiger partial charge in [-0.1, -0.05) is 35.0 Å². The van der Waals surface area contributed by atoms with E-state index in [0.717, 1.165) is 24.2 Å². The third kappa shape index (κ3) is 3.20. The second-order valence-electron chi connectivity index (χ2n) is 5.21. The highest BCUT2D eigenvalue weighted by Crippen LogP contribution is 2.15. The third-order valence-corrected chi connectivity index (χ3v) is 3.33. The van der Waals surface area contributed by atoms with Gasteiger partial charge in [0, 0.05) is 12.6 Å². The summed E-state index contributed by atoms with van der Waals surface area (Å²) in [6, 6.07) is 8.98. The molecule has 102 valence electrons. The van der Waals surface area contributed by atoms with Crippen LogP contribution in [0.2, 0.25) is 0 Å². The van der Waals surface area contributed by atoms with E-state index in [4.69, 9.17) is 5.73 Å². The molecule has 2 N–H and O–H groups in total. The molecule has 0 spiro atoms. The van der Waals surface area contributed by atoms with E-state index in [9.17, 15) is 0 Å². The fourth-order valence-electron chi connectivity index (χ4n) is 2.20. The maximum absolute atomic E-state index is 5.74. The van der Waals surface area contributed by atoms with Crippen LogP contribution in [-0.2, 0) is 19.4 Å². The molecule has 2 rings (SSSR count). The van der Waals surface area contributed by atoms with Crippen molar-refractivity contribution in [2.24, 2.45) is 5.73 Å². The molecule has 0 aliphatic rings. The normalized spacial score (nSPS) is 11.2. The summed E-state index contributed by atoms with van der Waals surface area (Å²) in [5.74, 6) is 0. The zero-order valence-corrected chi connectivity index (χ0v) is 11.9. The van der Waals surface area contributed by atoms with Gasteiger partial charge in [-0.15, -0.1) is 5.10 Å². The highest BCUT2D eigenvalue weighted by Gasteiger charge is 2.13. The van der Waals surface area contributed by atoms with E-state index in [-0.39, 0.29) is 0 Å². The predicted molar refractivity (Wildman–Crippen MR) is 76.9 cm³/mol. The number of nitrogens with zero attached hydrogens (tertiary/aromatic N) is 3. The molecule has 0 aliphatic heterocycles. The third-order valence-electron chi connectivity index (χ3n) is 3.33. The number of aryl methyl sites for hydroxylation is 2. The summed E-state index contributed by atoms with van der Waals surface area (Å²) in [7, 11) is 0. The molecule has 0 aliphatic carbocycles. The Morgan fingerprint density at radius 1 is 1.16 bits per heavy atom. The van der Waals surface area contributed by atoms with Gasteiger partial charge in [-0.25, -0.2) is 4.68 Å². The molecule has 0 fully saturated rings. The van der Waals surface area contributed by atoms with E-state index in [1.54, 1.807) is 0 Å². The zero-order valence-electron chi connectivity index (χ0n) is 11.9. The Bertz CT molecular complexity index is 526. The molecule has 0 bridgehead atoms. The molecule has 1 aromatic heterocycles. The van der Waals surface area contributed by atoms with Gasteiger partial charge in [0.05, 0.1) is 11.4 Å². The summed E-state index contributed by atoms with van der Waals surface area (Å²) in [5, 5.41) is 8.37. The van der Waals surface area contributed by atoms with E-state index in [1.807, 2.05) is 4.68 Å². The molecule has 0 amide bonds. The number of rotatable bonds is 5. The second kappa shape index (κ2) is 5.97. The molecule has 4 nitrogen and oxygen atoms in total. The summed E-state index contributed by atoms with van der Waals surface area (Å²) in [6.45, 7) is 6.79. The number of aromatic nitrogens is 3. The fourth-order valence-corrected chi connectivity index (χ4v) is 2.20. The van der Waals surface area contributed by atoms with Gasteiger partial charge < -0.3 is 5.73 Å². The lowest BCUT2D eigenvalue weighted by Crippen LogP contribution is -2.11. The van der Waals surface area contributed by atoms with Crippen molar-refractivity contribution in [1.82, 2.24) is 15.0 Å². The van der Waals surface area contributed by atoms with Crippen LogP contribution >= 0.6 is 0 Å². The van der Waals surface area contributed by atoms with Gasteiger partial charge in [0.15, 0.2) is 0 Å². The first-order chi connectivity index (χ1) is 9.11. The molecule has 0 atom stereocenters. The van der Waals surface area contributed by atoms with Crippen molar-refractivity contribution in [2.75, 3.05) is 0 Å². The van der Waals surface area contributed by atoms with Crippen LogP contribution in [0, 0.1) is 6.92 Å². The molecule has 1 aromatic carbocycles. The maximum Gasteiger partial charge on any atom is 0.0994 e. The van der Waals surface area contributed by atoms with Crippen molar-refractivity contribution >= 4 is 0 Å². The number of hydrogen-bond acceptors (Lipinski definition) is 3. The highest BCUT2D eigenvalue weighted by molar-refractivity contribution is 5.23. The Balaban J connectivity index is 2.14. The first-order valence-corrected chi connectivity index (χ1v) is 6.80. The van der Waals surface area contributed by atoms with Crippen molar-refractivity contribution in [3.05, 3.63) is 46.8 Å². The molecule has 0 unspecified atom stereocenters. The van der Waals surface area contributed by atoms with Gasteiger partial charge in [-0.05, 0) is 39.2 Å². The quantitative estimate of drug-likeness (QED) is 0.896. The minimum Gasteiger partial charge on any atom is -0.325 e. The molecule has 0 radical (unpaired) electrons. The largest absolute Gasteiger partial charge is 0.325 e. The summed E-state index contributed by atoms with van der Waals surface area (Å²) in [4.78, 5) is 0. The van der Waals surface area contributed by atoms with Crippen LogP contribution in [0.25, 0.3) is 0 Å².